The minimum absolute atomic E-state index is 0.00969. The maximum atomic E-state index is 14.1. The molecule has 9 nitrogen and oxygen atoms in total. The minimum atomic E-state index is -4.91. The summed E-state index contributed by atoms with van der Waals surface area (Å²) in [5.41, 5.74) is -4.05. The second-order valence-corrected chi connectivity index (χ2v) is 9.95. The number of benzene rings is 1. The number of rotatable bonds is 6. The van der Waals surface area contributed by atoms with Crippen molar-refractivity contribution in [2.75, 3.05) is 11.6 Å². The van der Waals surface area contributed by atoms with Gasteiger partial charge in [0.2, 0.25) is 5.88 Å². The van der Waals surface area contributed by atoms with Crippen molar-refractivity contribution in [3.8, 4) is 11.8 Å². The second-order valence-electron chi connectivity index (χ2n) is 7.93. The predicted octanol–water partition coefficient (Wildman–Crippen LogP) is 4.00. The van der Waals surface area contributed by atoms with Gasteiger partial charge in [-0.3, -0.25) is 4.79 Å². The molecule has 1 aromatic carbocycles. The summed E-state index contributed by atoms with van der Waals surface area (Å²) in [5, 5.41) is 16.3. The summed E-state index contributed by atoms with van der Waals surface area (Å²) < 4.78 is 83.3. The van der Waals surface area contributed by atoms with Gasteiger partial charge in [-0.15, -0.1) is 20.4 Å². The molecule has 1 aliphatic rings. The largest absolute Gasteiger partial charge is 0.435 e. The van der Waals surface area contributed by atoms with Crippen LogP contribution in [0.3, 0.4) is 0 Å². The van der Waals surface area contributed by atoms with Gasteiger partial charge in [0.05, 0.1) is 4.90 Å². The summed E-state index contributed by atoms with van der Waals surface area (Å²) >= 11 is 0. The van der Waals surface area contributed by atoms with Crippen LogP contribution >= 0.6 is 0 Å². The molecular weight excluding hydrogens is 494 g/mol. The van der Waals surface area contributed by atoms with Crippen LogP contribution in [0.2, 0.25) is 0 Å². The molecule has 0 aliphatic heterocycles. The minimum Gasteiger partial charge on any atom is -0.417 e. The van der Waals surface area contributed by atoms with Crippen molar-refractivity contribution in [1.82, 2.24) is 20.4 Å². The molecule has 4 rings (SSSR count). The summed E-state index contributed by atoms with van der Waals surface area (Å²) in [7, 11) is -3.61. The quantitative estimate of drug-likeness (QED) is 0.493. The number of amides is 1. The monoisotopic (exact) mass is 511 g/mol. The van der Waals surface area contributed by atoms with E-state index in [0.717, 1.165) is 19.2 Å². The van der Waals surface area contributed by atoms with Gasteiger partial charge in [0.15, 0.2) is 21.2 Å². The summed E-state index contributed by atoms with van der Waals surface area (Å²) in [6.45, 7) is 1.01. The summed E-state index contributed by atoms with van der Waals surface area (Å²) in [6.07, 6.45) is -3.35. The lowest BCUT2D eigenvalue weighted by molar-refractivity contribution is -0.142. The smallest absolute Gasteiger partial charge is 0.417 e. The Labute approximate surface area is 196 Å². The molecule has 3 aromatic rings. The molecule has 0 radical (unpaired) electrons. The predicted molar refractivity (Wildman–Crippen MR) is 113 cm³/mol. The number of carbonyl (C=O) groups is 1. The van der Waals surface area contributed by atoms with Gasteiger partial charge in [-0.25, -0.2) is 12.8 Å². The van der Waals surface area contributed by atoms with E-state index < -0.39 is 50.3 Å². The molecule has 0 atom stereocenters. The molecule has 0 saturated heterocycles. The Balaban J connectivity index is 1.70. The van der Waals surface area contributed by atoms with Gasteiger partial charge in [-0.05, 0) is 49.6 Å². The van der Waals surface area contributed by atoms with Gasteiger partial charge < -0.3 is 10.1 Å². The number of hydrogen-bond acceptors (Lipinski definition) is 8. The lowest BCUT2D eigenvalue weighted by Crippen LogP contribution is -2.21. The van der Waals surface area contributed by atoms with Crippen molar-refractivity contribution in [2.45, 2.75) is 36.5 Å². The Hall–Kier alpha value is -3.68. The lowest BCUT2D eigenvalue weighted by Gasteiger charge is -2.15. The molecule has 184 valence electrons. The van der Waals surface area contributed by atoms with Crippen LogP contribution in [0.5, 0.6) is 11.8 Å². The zero-order chi connectivity index (χ0) is 25.6. The molecule has 1 N–H and O–H groups in total. The summed E-state index contributed by atoms with van der Waals surface area (Å²) in [5.74, 6) is -1.91. The average molecular weight is 511 g/mol. The Bertz CT molecular complexity index is 1410. The number of sulfone groups is 1. The molecule has 0 unspecified atom stereocenters. The van der Waals surface area contributed by atoms with Crippen LogP contribution in [0.25, 0.3) is 0 Å². The highest BCUT2D eigenvalue weighted by atomic mass is 32.2. The van der Waals surface area contributed by atoms with Crippen LogP contribution in [-0.4, -0.2) is 41.0 Å². The molecule has 35 heavy (non-hydrogen) atoms. The summed E-state index contributed by atoms with van der Waals surface area (Å²) in [4.78, 5) is 12.9. The number of nitrogens with zero attached hydrogens (tertiary/aromatic N) is 4. The van der Waals surface area contributed by atoms with Crippen LogP contribution in [0.1, 0.15) is 40.2 Å². The van der Waals surface area contributed by atoms with Gasteiger partial charge in [0.1, 0.15) is 11.3 Å². The van der Waals surface area contributed by atoms with Crippen LogP contribution < -0.4 is 10.1 Å². The van der Waals surface area contributed by atoms with E-state index in [-0.39, 0.29) is 22.2 Å². The highest BCUT2D eigenvalue weighted by molar-refractivity contribution is 7.90. The Morgan fingerprint density at radius 1 is 1.09 bits per heavy atom. The molecule has 2 aromatic heterocycles. The van der Waals surface area contributed by atoms with Crippen LogP contribution in [0.15, 0.2) is 41.3 Å². The third-order valence-electron chi connectivity index (χ3n) is 5.19. The van der Waals surface area contributed by atoms with Gasteiger partial charge >= 0.3 is 6.18 Å². The van der Waals surface area contributed by atoms with Gasteiger partial charge in [0.25, 0.3) is 11.8 Å². The lowest BCUT2D eigenvalue weighted by atomic mass is 10.1. The fraction of sp³-hybridized carbons (Fsp3) is 0.286. The van der Waals surface area contributed by atoms with Crippen molar-refractivity contribution in [1.29, 1.82) is 0 Å². The first-order chi connectivity index (χ1) is 16.3. The van der Waals surface area contributed by atoms with E-state index in [1.807, 2.05) is 0 Å². The van der Waals surface area contributed by atoms with Gasteiger partial charge in [-0.2, -0.15) is 13.2 Å². The van der Waals surface area contributed by atoms with Crippen molar-refractivity contribution in [3.63, 3.8) is 0 Å². The van der Waals surface area contributed by atoms with E-state index in [1.54, 1.807) is 0 Å². The highest BCUT2D eigenvalue weighted by Gasteiger charge is 2.47. The first-order valence-electron chi connectivity index (χ1n) is 10.0. The van der Waals surface area contributed by atoms with E-state index in [1.165, 1.54) is 30.3 Å². The molecule has 1 aliphatic carbocycles. The normalized spacial score (nSPS) is 14.9. The zero-order valence-electron chi connectivity index (χ0n) is 18.2. The summed E-state index contributed by atoms with van der Waals surface area (Å²) in [6, 6.07) is 7.72. The first kappa shape index (κ1) is 24.4. The molecule has 1 fully saturated rings. The van der Waals surface area contributed by atoms with Crippen LogP contribution in [-0.2, 0) is 21.7 Å². The fourth-order valence-electron chi connectivity index (χ4n) is 3.18. The number of anilines is 1. The zero-order valence-corrected chi connectivity index (χ0v) is 19.0. The molecule has 0 bridgehead atoms. The number of aromatic nitrogens is 4. The first-order valence-corrected chi connectivity index (χ1v) is 11.9. The second kappa shape index (κ2) is 8.52. The van der Waals surface area contributed by atoms with Crippen molar-refractivity contribution in [3.05, 3.63) is 58.9 Å². The number of carbonyl (C=O) groups excluding carboxylic acids is 1. The van der Waals surface area contributed by atoms with Gasteiger partial charge in [0, 0.05) is 18.0 Å². The molecule has 2 heterocycles. The average Bonchev–Trinajstić information content (AvgIpc) is 3.51. The fourth-order valence-corrected chi connectivity index (χ4v) is 3.85. The molecule has 1 saturated carbocycles. The van der Waals surface area contributed by atoms with E-state index >= 15 is 0 Å². The van der Waals surface area contributed by atoms with Crippen molar-refractivity contribution < 1.29 is 35.5 Å². The van der Waals surface area contributed by atoms with Gasteiger partial charge in [-0.1, -0.05) is 6.07 Å². The SMILES string of the molecule is Cc1c(C(F)(F)F)nnc(Oc2ccc(C3(F)CC3)nn2)c1C(=O)Nc1cccc(S(C)(=O)=O)c1. The Morgan fingerprint density at radius 2 is 1.80 bits per heavy atom. The van der Waals surface area contributed by atoms with Crippen molar-refractivity contribution in [2.24, 2.45) is 0 Å². The van der Waals surface area contributed by atoms with E-state index in [2.05, 4.69) is 25.7 Å². The maximum absolute atomic E-state index is 14.1. The number of halogens is 4. The standard InChI is InChI=1S/C21H17F4N5O4S/c1-11-16(18(31)26-12-4-3-5-13(10-12)35(2,32)33)19(30-29-17(11)21(23,24)25)34-15-7-6-14(27-28-15)20(22)8-9-20/h3-7,10H,8-9H2,1-2H3,(H,26,31). The van der Waals surface area contributed by atoms with E-state index in [0.29, 0.717) is 12.8 Å². The molecule has 1 amide bonds. The number of alkyl halides is 4. The van der Waals surface area contributed by atoms with E-state index in [4.69, 9.17) is 4.74 Å². The third-order valence-corrected chi connectivity index (χ3v) is 6.30. The molecule has 14 heteroatoms. The Morgan fingerprint density at radius 3 is 2.37 bits per heavy atom. The Kier molecular flexibility index (Phi) is 5.95. The van der Waals surface area contributed by atoms with Crippen LogP contribution in [0, 0.1) is 6.92 Å². The van der Waals surface area contributed by atoms with Crippen molar-refractivity contribution >= 4 is 21.4 Å². The highest BCUT2D eigenvalue weighted by Crippen LogP contribution is 2.48. The molecular formula is C21H17F4N5O4S. The van der Waals surface area contributed by atoms with Crippen LogP contribution in [0.4, 0.5) is 23.2 Å². The number of ether oxygens (including phenoxy) is 1. The third kappa shape index (κ3) is 5.21. The molecule has 0 spiro atoms. The number of nitrogens with one attached hydrogen (secondary N) is 1. The topological polar surface area (TPSA) is 124 Å². The van der Waals surface area contributed by atoms with E-state index in [9.17, 15) is 30.8 Å². The number of hydrogen-bond donors (Lipinski definition) is 1. The maximum Gasteiger partial charge on any atom is 0.435 e.